The number of hydrogen-bond donors (Lipinski definition) is 1. The zero-order chi connectivity index (χ0) is 20.6. The lowest BCUT2D eigenvalue weighted by molar-refractivity contribution is -0.137. The second-order valence-electron chi connectivity index (χ2n) is 7.30. The highest BCUT2D eigenvalue weighted by molar-refractivity contribution is 7.20. The van der Waals surface area contributed by atoms with Crippen LogP contribution in [0.25, 0.3) is 4.96 Å². The van der Waals surface area contributed by atoms with Crippen LogP contribution >= 0.6 is 11.3 Å². The smallest absolute Gasteiger partial charge is 0.357 e. The van der Waals surface area contributed by atoms with Gasteiger partial charge in [0.2, 0.25) is 10.1 Å². The molecule has 0 bridgehead atoms. The Kier molecular flexibility index (Phi) is 5.33. The van der Waals surface area contributed by atoms with Gasteiger partial charge in [0.05, 0.1) is 5.56 Å². The number of rotatable bonds is 4. The SMILES string of the molecule is CCc1cc(=O)n2nc(N[C@@H]3CCCC[C@@H]3c3ccc(C(F)(F)F)cc3)sc2n1. The molecule has 1 saturated carbocycles. The summed E-state index contributed by atoms with van der Waals surface area (Å²) < 4.78 is 39.9. The molecule has 0 aliphatic heterocycles. The van der Waals surface area contributed by atoms with Crippen LogP contribution in [0.15, 0.2) is 35.1 Å². The Morgan fingerprint density at radius 3 is 2.62 bits per heavy atom. The number of nitrogens with one attached hydrogen (secondary N) is 1. The molecule has 1 aliphatic rings. The molecule has 9 heteroatoms. The Morgan fingerprint density at radius 1 is 1.21 bits per heavy atom. The highest BCUT2D eigenvalue weighted by Crippen LogP contribution is 2.37. The van der Waals surface area contributed by atoms with Crippen LogP contribution in [0.1, 0.15) is 55.3 Å². The Morgan fingerprint density at radius 2 is 1.93 bits per heavy atom. The van der Waals surface area contributed by atoms with Crippen molar-refractivity contribution in [2.24, 2.45) is 0 Å². The molecular formula is C20H21F3N4OS. The van der Waals surface area contributed by atoms with Crippen molar-refractivity contribution in [3.05, 3.63) is 57.5 Å². The predicted molar refractivity (Wildman–Crippen MR) is 107 cm³/mol. The molecule has 2 heterocycles. The van der Waals surface area contributed by atoms with E-state index in [0.717, 1.165) is 49.1 Å². The molecule has 29 heavy (non-hydrogen) atoms. The van der Waals surface area contributed by atoms with Crippen LogP contribution < -0.4 is 10.9 Å². The fourth-order valence-electron chi connectivity index (χ4n) is 3.88. The van der Waals surface area contributed by atoms with Crippen LogP contribution in [0, 0.1) is 0 Å². The summed E-state index contributed by atoms with van der Waals surface area (Å²) in [4.78, 5) is 17.2. The number of aromatic nitrogens is 3. The number of aryl methyl sites for hydroxylation is 1. The number of anilines is 1. The molecule has 5 nitrogen and oxygen atoms in total. The summed E-state index contributed by atoms with van der Waals surface area (Å²) in [5, 5.41) is 8.37. The van der Waals surface area contributed by atoms with E-state index in [1.807, 2.05) is 6.92 Å². The zero-order valence-corrected chi connectivity index (χ0v) is 16.7. The molecule has 0 unspecified atom stereocenters. The van der Waals surface area contributed by atoms with Crippen molar-refractivity contribution in [3.8, 4) is 0 Å². The highest BCUT2D eigenvalue weighted by Gasteiger charge is 2.32. The molecule has 0 radical (unpaired) electrons. The van der Waals surface area contributed by atoms with E-state index in [1.165, 1.54) is 21.9 Å². The molecule has 0 saturated heterocycles. The van der Waals surface area contributed by atoms with Gasteiger partial charge in [0.15, 0.2) is 0 Å². The van der Waals surface area contributed by atoms with E-state index in [9.17, 15) is 18.0 Å². The summed E-state index contributed by atoms with van der Waals surface area (Å²) >= 11 is 1.32. The Balaban J connectivity index is 1.59. The molecule has 2 aromatic heterocycles. The van der Waals surface area contributed by atoms with Gasteiger partial charge >= 0.3 is 6.18 Å². The quantitative estimate of drug-likeness (QED) is 0.652. The van der Waals surface area contributed by atoms with Gasteiger partial charge in [-0.15, -0.1) is 5.10 Å². The van der Waals surface area contributed by atoms with E-state index in [-0.39, 0.29) is 17.5 Å². The molecule has 3 aromatic rings. The molecule has 154 valence electrons. The maximum atomic E-state index is 12.9. The van der Waals surface area contributed by atoms with Crippen LogP contribution in [0.3, 0.4) is 0 Å². The number of fused-ring (bicyclic) bond motifs is 1. The maximum absolute atomic E-state index is 12.9. The Labute approximate surface area is 169 Å². The first-order chi connectivity index (χ1) is 13.8. The fraction of sp³-hybridized carbons (Fsp3) is 0.450. The van der Waals surface area contributed by atoms with Gasteiger partial charge in [-0.3, -0.25) is 4.79 Å². The van der Waals surface area contributed by atoms with Gasteiger partial charge < -0.3 is 5.32 Å². The van der Waals surface area contributed by atoms with Crippen molar-refractivity contribution in [1.82, 2.24) is 14.6 Å². The average molecular weight is 422 g/mol. The molecule has 4 rings (SSSR count). The van der Waals surface area contributed by atoms with Crippen LogP contribution in [0.5, 0.6) is 0 Å². The maximum Gasteiger partial charge on any atom is 0.416 e. The van der Waals surface area contributed by atoms with Gasteiger partial charge in [0.1, 0.15) is 0 Å². The highest BCUT2D eigenvalue weighted by atomic mass is 32.1. The summed E-state index contributed by atoms with van der Waals surface area (Å²) in [6.45, 7) is 1.94. The summed E-state index contributed by atoms with van der Waals surface area (Å²) in [5.41, 5.74) is 0.773. The lowest BCUT2D eigenvalue weighted by Gasteiger charge is -2.32. The topological polar surface area (TPSA) is 59.3 Å². The van der Waals surface area contributed by atoms with E-state index in [0.29, 0.717) is 16.5 Å². The number of hydrogen-bond acceptors (Lipinski definition) is 5. The number of benzene rings is 1. The van der Waals surface area contributed by atoms with E-state index in [1.54, 1.807) is 12.1 Å². The predicted octanol–water partition coefficient (Wildman–Crippen LogP) is 4.87. The van der Waals surface area contributed by atoms with Crippen molar-refractivity contribution in [2.75, 3.05) is 5.32 Å². The largest absolute Gasteiger partial charge is 0.416 e. The first kappa shape index (κ1) is 19.9. The molecule has 1 N–H and O–H groups in total. The van der Waals surface area contributed by atoms with E-state index in [2.05, 4.69) is 15.4 Å². The monoisotopic (exact) mass is 422 g/mol. The number of halogens is 3. The molecule has 0 spiro atoms. The van der Waals surface area contributed by atoms with E-state index >= 15 is 0 Å². The minimum Gasteiger partial charge on any atom is -0.357 e. The van der Waals surface area contributed by atoms with Gasteiger partial charge in [0, 0.05) is 23.7 Å². The number of alkyl halides is 3. The first-order valence-electron chi connectivity index (χ1n) is 9.68. The standard InChI is InChI=1S/C20H21F3N4OS/c1-2-14-11-17(28)27-19(24-14)29-18(26-27)25-16-6-4-3-5-15(16)12-7-9-13(10-8-12)20(21,22)23/h7-11,15-16H,2-6H2,1H3,(H,25,26)/t15-,16-/m1/s1. The lowest BCUT2D eigenvalue weighted by atomic mass is 9.80. The molecule has 0 amide bonds. The normalized spacial score (nSPS) is 20.1. The third-order valence-corrected chi connectivity index (χ3v) is 6.24. The van der Waals surface area contributed by atoms with Crippen molar-refractivity contribution < 1.29 is 13.2 Å². The van der Waals surface area contributed by atoms with Crippen molar-refractivity contribution in [1.29, 1.82) is 0 Å². The Hall–Kier alpha value is -2.42. The van der Waals surface area contributed by atoms with Gasteiger partial charge in [-0.25, -0.2) is 4.98 Å². The van der Waals surface area contributed by atoms with Crippen molar-refractivity contribution >= 4 is 21.4 Å². The van der Waals surface area contributed by atoms with Gasteiger partial charge in [-0.2, -0.15) is 17.7 Å². The summed E-state index contributed by atoms with van der Waals surface area (Å²) in [7, 11) is 0. The zero-order valence-electron chi connectivity index (χ0n) is 15.9. The van der Waals surface area contributed by atoms with Crippen LogP contribution in [-0.4, -0.2) is 20.6 Å². The number of nitrogens with zero attached hydrogens (tertiary/aromatic N) is 3. The van der Waals surface area contributed by atoms with E-state index in [4.69, 9.17) is 0 Å². The van der Waals surface area contributed by atoms with Gasteiger partial charge in [0.25, 0.3) is 5.56 Å². The summed E-state index contributed by atoms with van der Waals surface area (Å²) in [6.07, 6.45) is 0.199. The second-order valence-corrected chi connectivity index (χ2v) is 8.26. The molecule has 1 fully saturated rings. The van der Waals surface area contributed by atoms with Crippen molar-refractivity contribution in [2.45, 2.75) is 57.2 Å². The molecule has 1 aromatic carbocycles. The Bertz CT molecular complexity index is 1060. The molecule has 1 aliphatic carbocycles. The lowest BCUT2D eigenvalue weighted by Crippen LogP contribution is -2.30. The fourth-order valence-corrected chi connectivity index (χ4v) is 4.76. The van der Waals surface area contributed by atoms with Gasteiger partial charge in [-0.1, -0.05) is 43.2 Å². The van der Waals surface area contributed by atoms with Crippen LogP contribution in [0.2, 0.25) is 0 Å². The average Bonchev–Trinajstić information content (AvgIpc) is 3.11. The molecule has 2 atom stereocenters. The van der Waals surface area contributed by atoms with E-state index < -0.39 is 11.7 Å². The van der Waals surface area contributed by atoms with Crippen LogP contribution in [-0.2, 0) is 12.6 Å². The molecular weight excluding hydrogens is 401 g/mol. The minimum absolute atomic E-state index is 0.0439. The third kappa shape index (κ3) is 4.14. The van der Waals surface area contributed by atoms with Crippen molar-refractivity contribution in [3.63, 3.8) is 0 Å². The van der Waals surface area contributed by atoms with Crippen LogP contribution in [0.4, 0.5) is 18.3 Å². The first-order valence-corrected chi connectivity index (χ1v) is 10.5. The summed E-state index contributed by atoms with van der Waals surface area (Å²) in [6, 6.07) is 6.98. The minimum atomic E-state index is -4.33. The third-order valence-electron chi connectivity index (χ3n) is 5.40. The summed E-state index contributed by atoms with van der Waals surface area (Å²) in [5.74, 6) is 0.0916. The second kappa shape index (κ2) is 7.78. The van der Waals surface area contributed by atoms with Gasteiger partial charge in [-0.05, 0) is 37.0 Å².